The summed E-state index contributed by atoms with van der Waals surface area (Å²) in [5, 5.41) is 22.3. The molecule has 1 fully saturated rings. The van der Waals surface area contributed by atoms with Crippen molar-refractivity contribution in [1.82, 2.24) is 9.88 Å². The Balaban J connectivity index is 1.47. The highest BCUT2D eigenvalue weighted by molar-refractivity contribution is 5.38. The molecule has 2 aromatic rings. The molecule has 3 rings (SSSR count). The van der Waals surface area contributed by atoms with E-state index in [1.807, 2.05) is 6.07 Å². The Morgan fingerprint density at radius 1 is 1.36 bits per heavy atom. The fourth-order valence-corrected chi connectivity index (χ4v) is 3.15. The van der Waals surface area contributed by atoms with Crippen LogP contribution in [-0.4, -0.2) is 41.2 Å². The zero-order valence-electron chi connectivity index (χ0n) is 13.9. The lowest BCUT2D eigenvalue weighted by Crippen LogP contribution is -2.28. The molecular weight excluding hydrogens is 319 g/mol. The van der Waals surface area contributed by atoms with Crippen LogP contribution in [0, 0.1) is 23.1 Å². The van der Waals surface area contributed by atoms with Crippen LogP contribution in [0.3, 0.4) is 0 Å². The predicted molar refractivity (Wildman–Crippen MR) is 93.3 cm³/mol. The largest absolute Gasteiger partial charge is 0.387 e. The second kappa shape index (κ2) is 8.06. The van der Waals surface area contributed by atoms with Gasteiger partial charge < -0.3 is 15.3 Å². The molecule has 0 saturated carbocycles. The summed E-state index contributed by atoms with van der Waals surface area (Å²) >= 11 is 0. The number of anilines is 1. The molecular formula is C19H21FN4O. The second-order valence-corrected chi connectivity index (χ2v) is 6.38. The van der Waals surface area contributed by atoms with Crippen LogP contribution >= 0.6 is 0 Å². The molecule has 1 aromatic heterocycles. The van der Waals surface area contributed by atoms with Crippen LogP contribution in [0.1, 0.15) is 23.7 Å². The third kappa shape index (κ3) is 4.53. The first-order valence-electron chi connectivity index (χ1n) is 8.40. The van der Waals surface area contributed by atoms with Crippen molar-refractivity contribution in [3.05, 3.63) is 59.5 Å². The van der Waals surface area contributed by atoms with Gasteiger partial charge in [0, 0.05) is 31.4 Å². The van der Waals surface area contributed by atoms with Gasteiger partial charge in [-0.05, 0) is 37.1 Å². The number of aliphatic hydroxyl groups excluding tert-OH is 1. The highest BCUT2D eigenvalue weighted by atomic mass is 19.1. The van der Waals surface area contributed by atoms with Crippen LogP contribution in [-0.2, 0) is 0 Å². The smallest absolute Gasteiger partial charge is 0.129 e. The normalized spacial score (nSPS) is 18.7. The molecule has 2 heterocycles. The minimum absolute atomic E-state index is 0.353. The Kier molecular flexibility index (Phi) is 5.59. The highest BCUT2D eigenvalue weighted by Crippen LogP contribution is 2.22. The van der Waals surface area contributed by atoms with Crippen molar-refractivity contribution in [2.45, 2.75) is 12.5 Å². The number of rotatable bonds is 6. The van der Waals surface area contributed by atoms with E-state index in [0.29, 0.717) is 23.6 Å². The number of halogens is 1. The van der Waals surface area contributed by atoms with E-state index >= 15 is 0 Å². The molecule has 0 bridgehead atoms. The first-order chi connectivity index (χ1) is 12.2. The first kappa shape index (κ1) is 17.3. The number of β-amino-alcohol motifs (C(OH)–C–C–N with tert-alkyl or cyclic N) is 1. The Hall–Kier alpha value is -2.49. The summed E-state index contributed by atoms with van der Waals surface area (Å²) < 4.78 is 13.7. The summed E-state index contributed by atoms with van der Waals surface area (Å²) in [6, 6.07) is 12.0. The van der Waals surface area contributed by atoms with E-state index in [0.717, 1.165) is 31.9 Å². The number of benzene rings is 1. The van der Waals surface area contributed by atoms with Crippen molar-refractivity contribution >= 4 is 5.82 Å². The van der Waals surface area contributed by atoms with E-state index in [9.17, 15) is 9.50 Å². The van der Waals surface area contributed by atoms with Crippen LogP contribution in [0.4, 0.5) is 10.2 Å². The fourth-order valence-electron chi connectivity index (χ4n) is 3.15. The number of likely N-dealkylation sites (tertiary alicyclic amines) is 1. The third-order valence-corrected chi connectivity index (χ3v) is 4.53. The molecule has 6 heteroatoms. The highest BCUT2D eigenvalue weighted by Gasteiger charge is 2.25. The molecule has 130 valence electrons. The van der Waals surface area contributed by atoms with Gasteiger partial charge >= 0.3 is 0 Å². The lowest BCUT2D eigenvalue weighted by molar-refractivity contribution is 0.121. The zero-order chi connectivity index (χ0) is 17.6. The van der Waals surface area contributed by atoms with Gasteiger partial charge in [-0.2, -0.15) is 5.26 Å². The number of aromatic nitrogens is 1. The van der Waals surface area contributed by atoms with Crippen molar-refractivity contribution in [2.24, 2.45) is 5.92 Å². The minimum Gasteiger partial charge on any atom is -0.387 e. The van der Waals surface area contributed by atoms with Crippen LogP contribution in [0.15, 0.2) is 42.6 Å². The molecule has 1 saturated heterocycles. The molecule has 1 aromatic carbocycles. The molecule has 1 aliphatic heterocycles. The molecule has 0 spiro atoms. The topological polar surface area (TPSA) is 72.2 Å². The molecule has 25 heavy (non-hydrogen) atoms. The van der Waals surface area contributed by atoms with Crippen molar-refractivity contribution < 1.29 is 9.50 Å². The van der Waals surface area contributed by atoms with Gasteiger partial charge in [0.1, 0.15) is 17.7 Å². The van der Waals surface area contributed by atoms with Gasteiger partial charge in [-0.15, -0.1) is 0 Å². The monoisotopic (exact) mass is 340 g/mol. The number of aliphatic hydroxyl groups is 1. The van der Waals surface area contributed by atoms with Gasteiger partial charge in [-0.3, -0.25) is 0 Å². The van der Waals surface area contributed by atoms with E-state index in [1.165, 1.54) is 6.07 Å². The average Bonchev–Trinajstić information content (AvgIpc) is 3.08. The SMILES string of the molecule is N#Cc1ccc(NC[C@@H]2CCN(C[C@H](O)c3ccccc3F)C2)nc1. The molecule has 2 atom stereocenters. The second-order valence-electron chi connectivity index (χ2n) is 6.38. The van der Waals surface area contributed by atoms with E-state index in [1.54, 1.807) is 36.5 Å². The first-order valence-corrected chi connectivity index (χ1v) is 8.40. The summed E-state index contributed by atoms with van der Waals surface area (Å²) in [6.07, 6.45) is 1.76. The Bertz CT molecular complexity index is 744. The van der Waals surface area contributed by atoms with Gasteiger partial charge in [-0.25, -0.2) is 9.37 Å². The van der Waals surface area contributed by atoms with Gasteiger partial charge in [0.05, 0.1) is 11.7 Å². The number of pyridine rings is 1. The van der Waals surface area contributed by atoms with Crippen molar-refractivity contribution in [3.63, 3.8) is 0 Å². The number of nitrogens with one attached hydrogen (secondary N) is 1. The summed E-state index contributed by atoms with van der Waals surface area (Å²) in [5.41, 5.74) is 0.894. The summed E-state index contributed by atoms with van der Waals surface area (Å²) in [6.45, 7) is 2.96. The van der Waals surface area contributed by atoms with Gasteiger partial charge in [0.25, 0.3) is 0 Å². The van der Waals surface area contributed by atoms with Gasteiger partial charge in [0.15, 0.2) is 0 Å². The summed E-state index contributed by atoms with van der Waals surface area (Å²) in [4.78, 5) is 6.36. The Morgan fingerprint density at radius 2 is 2.20 bits per heavy atom. The molecule has 5 nitrogen and oxygen atoms in total. The van der Waals surface area contributed by atoms with E-state index in [4.69, 9.17) is 5.26 Å². The zero-order valence-corrected chi connectivity index (χ0v) is 13.9. The van der Waals surface area contributed by atoms with E-state index in [2.05, 4.69) is 15.2 Å². The maximum atomic E-state index is 13.7. The standard InChI is InChI=1S/C19H21FN4O/c20-17-4-2-1-3-16(17)18(25)13-24-8-7-15(12-24)11-23-19-6-5-14(9-21)10-22-19/h1-6,10,15,18,25H,7-8,11-13H2,(H,22,23)/t15-,18-/m0/s1. The molecule has 2 N–H and O–H groups in total. The Morgan fingerprint density at radius 3 is 2.92 bits per heavy atom. The Labute approximate surface area is 146 Å². The minimum atomic E-state index is -0.812. The summed E-state index contributed by atoms with van der Waals surface area (Å²) in [7, 11) is 0. The average molecular weight is 340 g/mol. The number of nitriles is 1. The fraction of sp³-hybridized carbons (Fsp3) is 0.368. The maximum Gasteiger partial charge on any atom is 0.129 e. The van der Waals surface area contributed by atoms with Crippen LogP contribution in [0.5, 0.6) is 0 Å². The van der Waals surface area contributed by atoms with Crippen molar-refractivity contribution in [1.29, 1.82) is 5.26 Å². The molecule has 1 aliphatic rings. The molecule has 0 amide bonds. The molecule has 0 aliphatic carbocycles. The van der Waals surface area contributed by atoms with Crippen LogP contribution in [0.2, 0.25) is 0 Å². The quantitative estimate of drug-likeness (QED) is 0.846. The van der Waals surface area contributed by atoms with Crippen molar-refractivity contribution in [2.75, 3.05) is 31.5 Å². The number of hydrogen-bond donors (Lipinski definition) is 2. The lowest BCUT2D eigenvalue weighted by Gasteiger charge is -2.21. The summed E-state index contributed by atoms with van der Waals surface area (Å²) in [5.74, 6) is 0.841. The van der Waals surface area contributed by atoms with Crippen LogP contribution in [0.25, 0.3) is 0 Å². The molecule has 0 unspecified atom stereocenters. The van der Waals surface area contributed by atoms with Crippen LogP contribution < -0.4 is 5.32 Å². The van der Waals surface area contributed by atoms with E-state index in [-0.39, 0.29) is 5.82 Å². The number of nitrogens with zero attached hydrogens (tertiary/aromatic N) is 3. The molecule has 0 radical (unpaired) electrons. The lowest BCUT2D eigenvalue weighted by atomic mass is 10.1. The number of hydrogen-bond acceptors (Lipinski definition) is 5. The maximum absolute atomic E-state index is 13.7. The van der Waals surface area contributed by atoms with E-state index < -0.39 is 6.10 Å². The predicted octanol–water partition coefficient (Wildman–Crippen LogP) is 2.56. The van der Waals surface area contributed by atoms with Gasteiger partial charge in [0.2, 0.25) is 0 Å². The van der Waals surface area contributed by atoms with Gasteiger partial charge in [-0.1, -0.05) is 18.2 Å². The van der Waals surface area contributed by atoms with Crippen molar-refractivity contribution in [3.8, 4) is 6.07 Å². The third-order valence-electron chi connectivity index (χ3n) is 4.53.